The summed E-state index contributed by atoms with van der Waals surface area (Å²) in [6.45, 7) is 3.56. The van der Waals surface area contributed by atoms with Crippen molar-refractivity contribution >= 4 is 37.8 Å². The van der Waals surface area contributed by atoms with E-state index in [0.29, 0.717) is 16.9 Å². The van der Waals surface area contributed by atoms with Crippen LogP contribution in [0.5, 0.6) is 5.75 Å². The van der Waals surface area contributed by atoms with Gasteiger partial charge in [-0.1, -0.05) is 31.2 Å². The molecule has 6 nitrogen and oxygen atoms in total. The Labute approximate surface area is 211 Å². The summed E-state index contributed by atoms with van der Waals surface area (Å²) < 4.78 is 49.7. The Kier molecular flexibility index (Phi) is 8.78. The third-order valence-corrected chi connectivity index (χ3v) is 6.02. The van der Waals surface area contributed by atoms with Crippen LogP contribution in [0.1, 0.15) is 41.9 Å². The van der Waals surface area contributed by atoms with Gasteiger partial charge in [-0.2, -0.15) is 0 Å². The molecule has 0 radical (unpaired) electrons. The first kappa shape index (κ1) is 26.2. The van der Waals surface area contributed by atoms with Crippen molar-refractivity contribution in [2.24, 2.45) is 0 Å². The van der Waals surface area contributed by atoms with Gasteiger partial charge in [0, 0.05) is 18.4 Å². The monoisotopic (exact) mass is 603 g/mol. The van der Waals surface area contributed by atoms with Gasteiger partial charge < -0.3 is 14.6 Å². The number of carbonyl (C=O) groups is 1. The van der Waals surface area contributed by atoms with E-state index in [1.54, 1.807) is 29.0 Å². The maximum atomic E-state index is 12.5. The lowest BCUT2D eigenvalue weighted by atomic mass is 10.1. The van der Waals surface area contributed by atoms with Crippen LogP contribution in [0, 0.1) is 0 Å². The first-order valence-electron chi connectivity index (χ1n) is 10.3. The van der Waals surface area contributed by atoms with Crippen LogP contribution in [0.25, 0.3) is 5.69 Å². The van der Waals surface area contributed by atoms with Crippen molar-refractivity contribution in [3.8, 4) is 11.4 Å². The van der Waals surface area contributed by atoms with Crippen molar-refractivity contribution in [1.29, 1.82) is 0 Å². The summed E-state index contributed by atoms with van der Waals surface area (Å²) in [5.41, 5.74) is 1.95. The number of rotatable bonds is 9. The van der Waals surface area contributed by atoms with Crippen molar-refractivity contribution < 1.29 is 27.4 Å². The molecular formula is C23H22Br2F3N3O3. The molecule has 1 amide bonds. The molecule has 1 atom stereocenters. The number of nitrogens with one attached hydrogen (secondary N) is 1. The van der Waals surface area contributed by atoms with Gasteiger partial charge in [0.1, 0.15) is 17.8 Å². The van der Waals surface area contributed by atoms with E-state index in [-0.39, 0.29) is 18.3 Å². The Balaban J connectivity index is 1.65. The molecule has 1 aromatic heterocycles. The van der Waals surface area contributed by atoms with Crippen molar-refractivity contribution in [3.05, 3.63) is 74.7 Å². The van der Waals surface area contributed by atoms with Gasteiger partial charge in [-0.15, -0.1) is 13.2 Å². The summed E-state index contributed by atoms with van der Waals surface area (Å²) in [4.78, 5) is 16.7. The van der Waals surface area contributed by atoms with E-state index < -0.39 is 18.9 Å². The van der Waals surface area contributed by atoms with Gasteiger partial charge in [0.05, 0.1) is 21.7 Å². The molecule has 3 aromatic rings. The minimum absolute atomic E-state index is 0.0554. The third kappa shape index (κ3) is 7.31. The average Bonchev–Trinajstić information content (AvgIpc) is 3.28. The fraction of sp³-hybridized carbons (Fsp3) is 0.304. The average molecular weight is 605 g/mol. The van der Waals surface area contributed by atoms with E-state index in [0.717, 1.165) is 21.1 Å². The van der Waals surface area contributed by atoms with E-state index >= 15 is 0 Å². The summed E-state index contributed by atoms with van der Waals surface area (Å²) in [6, 6.07) is 10.1. The lowest BCUT2D eigenvalue weighted by Crippen LogP contribution is -2.23. The quantitative estimate of drug-likeness (QED) is 0.301. The van der Waals surface area contributed by atoms with Crippen molar-refractivity contribution in [2.45, 2.75) is 45.9 Å². The zero-order valence-corrected chi connectivity index (χ0v) is 21.5. The van der Waals surface area contributed by atoms with E-state index in [4.69, 9.17) is 4.74 Å². The number of hydrogen-bond acceptors (Lipinski definition) is 4. The van der Waals surface area contributed by atoms with Gasteiger partial charge in [-0.3, -0.25) is 9.53 Å². The van der Waals surface area contributed by atoms with E-state index in [1.807, 2.05) is 26.0 Å². The number of imidazole rings is 1. The first-order chi connectivity index (χ1) is 16.1. The van der Waals surface area contributed by atoms with E-state index in [1.165, 1.54) is 12.4 Å². The molecule has 0 saturated carbocycles. The van der Waals surface area contributed by atoms with Crippen LogP contribution in [0.4, 0.5) is 13.2 Å². The molecule has 1 heterocycles. The van der Waals surface area contributed by atoms with Gasteiger partial charge in [-0.05, 0) is 68.5 Å². The summed E-state index contributed by atoms with van der Waals surface area (Å²) in [5, 5.41) is 2.72. The van der Waals surface area contributed by atoms with Gasteiger partial charge >= 0.3 is 6.36 Å². The number of benzene rings is 2. The predicted molar refractivity (Wildman–Crippen MR) is 128 cm³/mol. The fourth-order valence-corrected chi connectivity index (χ4v) is 4.29. The second kappa shape index (κ2) is 11.4. The third-order valence-electron chi connectivity index (χ3n) is 4.84. The Morgan fingerprint density at radius 3 is 2.50 bits per heavy atom. The molecule has 1 unspecified atom stereocenters. The SMILES string of the molecule is CCC(C)Oc1c(Br)cc(-n2cnc(C(=O)NCc3cccc(COC(F)(F)F)c3)c2)cc1Br. The van der Waals surface area contributed by atoms with Crippen molar-refractivity contribution in [1.82, 2.24) is 14.9 Å². The summed E-state index contributed by atoms with van der Waals surface area (Å²) in [6.07, 6.45) is -0.665. The summed E-state index contributed by atoms with van der Waals surface area (Å²) in [7, 11) is 0. The zero-order valence-electron chi connectivity index (χ0n) is 18.3. The molecule has 0 aliphatic rings. The molecule has 0 saturated heterocycles. The van der Waals surface area contributed by atoms with Crippen LogP contribution in [-0.2, 0) is 17.9 Å². The van der Waals surface area contributed by atoms with E-state index in [2.05, 4.69) is 46.9 Å². The molecule has 0 aliphatic carbocycles. The van der Waals surface area contributed by atoms with Crippen molar-refractivity contribution in [2.75, 3.05) is 0 Å². The standard InChI is InChI=1S/C23H22Br2F3N3O3/c1-3-14(2)34-21-18(24)8-17(9-19(21)25)31-11-20(30-13-31)22(32)29-10-15-5-4-6-16(7-15)12-33-23(26,27)28/h4-9,11,13-14H,3,10,12H2,1-2H3,(H,29,32). The highest BCUT2D eigenvalue weighted by atomic mass is 79.9. The predicted octanol–water partition coefficient (Wildman–Crippen LogP) is 6.54. The lowest BCUT2D eigenvalue weighted by molar-refractivity contribution is -0.330. The van der Waals surface area contributed by atoms with Crippen LogP contribution in [-0.4, -0.2) is 27.9 Å². The normalized spacial score (nSPS) is 12.4. The number of nitrogens with zero attached hydrogens (tertiary/aromatic N) is 2. The maximum absolute atomic E-state index is 12.5. The zero-order chi connectivity index (χ0) is 24.9. The molecule has 0 bridgehead atoms. The maximum Gasteiger partial charge on any atom is 0.522 e. The summed E-state index contributed by atoms with van der Waals surface area (Å²) >= 11 is 7.06. The van der Waals surface area contributed by atoms with Crippen LogP contribution in [0.15, 0.2) is 57.9 Å². The minimum atomic E-state index is -4.70. The van der Waals surface area contributed by atoms with Crippen LogP contribution >= 0.6 is 31.9 Å². The second-order valence-corrected chi connectivity index (χ2v) is 9.19. The molecule has 11 heteroatoms. The number of alkyl halides is 3. The van der Waals surface area contributed by atoms with Crippen molar-refractivity contribution in [3.63, 3.8) is 0 Å². The Bertz CT molecular complexity index is 1130. The molecule has 182 valence electrons. The van der Waals surface area contributed by atoms with Crippen LogP contribution < -0.4 is 10.1 Å². The molecule has 0 fully saturated rings. The number of ether oxygens (including phenoxy) is 2. The fourth-order valence-electron chi connectivity index (χ4n) is 2.94. The molecule has 34 heavy (non-hydrogen) atoms. The minimum Gasteiger partial charge on any atom is -0.488 e. The second-order valence-electron chi connectivity index (χ2n) is 7.48. The van der Waals surface area contributed by atoms with Crippen LogP contribution in [0.3, 0.4) is 0 Å². The molecule has 0 spiro atoms. The Morgan fingerprint density at radius 1 is 1.18 bits per heavy atom. The molecule has 1 N–H and O–H groups in total. The Hall–Kier alpha value is -2.37. The van der Waals surface area contributed by atoms with Gasteiger partial charge in [0.2, 0.25) is 0 Å². The molecular weight excluding hydrogens is 583 g/mol. The highest BCUT2D eigenvalue weighted by Gasteiger charge is 2.28. The lowest BCUT2D eigenvalue weighted by Gasteiger charge is -2.16. The topological polar surface area (TPSA) is 65.4 Å². The largest absolute Gasteiger partial charge is 0.522 e. The summed E-state index contributed by atoms with van der Waals surface area (Å²) in [5.74, 6) is 0.282. The Morgan fingerprint density at radius 2 is 1.85 bits per heavy atom. The van der Waals surface area contributed by atoms with Gasteiger partial charge in [0.15, 0.2) is 0 Å². The molecule has 2 aromatic carbocycles. The van der Waals surface area contributed by atoms with Gasteiger partial charge in [-0.25, -0.2) is 4.98 Å². The highest BCUT2D eigenvalue weighted by Crippen LogP contribution is 2.36. The number of aromatic nitrogens is 2. The number of halogens is 5. The van der Waals surface area contributed by atoms with Crippen LogP contribution in [0.2, 0.25) is 0 Å². The first-order valence-corrected chi connectivity index (χ1v) is 11.9. The number of hydrogen-bond donors (Lipinski definition) is 1. The number of carbonyl (C=O) groups excluding carboxylic acids is 1. The molecule has 0 aliphatic heterocycles. The smallest absolute Gasteiger partial charge is 0.488 e. The van der Waals surface area contributed by atoms with E-state index in [9.17, 15) is 18.0 Å². The highest BCUT2D eigenvalue weighted by molar-refractivity contribution is 9.11. The van der Waals surface area contributed by atoms with Gasteiger partial charge in [0.25, 0.3) is 5.91 Å². The number of amides is 1. The molecule has 3 rings (SSSR count).